The van der Waals surface area contributed by atoms with E-state index in [1.807, 2.05) is 6.07 Å². The number of aromatic nitrogens is 1. The number of nitrogens with two attached hydrogens (primary N) is 1. The fourth-order valence-electron chi connectivity index (χ4n) is 1.90. The number of rotatable bonds is 2. The first-order valence-corrected chi connectivity index (χ1v) is 5.92. The van der Waals surface area contributed by atoms with Gasteiger partial charge in [0, 0.05) is 18.0 Å². The minimum Gasteiger partial charge on any atom is -0.397 e. The molecule has 0 aliphatic heterocycles. The molecule has 1 aromatic carbocycles. The van der Waals surface area contributed by atoms with Gasteiger partial charge in [-0.3, -0.25) is 4.98 Å². The lowest BCUT2D eigenvalue weighted by molar-refractivity contribution is -0.137. The highest BCUT2D eigenvalue weighted by molar-refractivity contribution is 5.96. The Labute approximate surface area is 119 Å². The minimum absolute atomic E-state index is 0.0194. The van der Waals surface area contributed by atoms with E-state index in [1.165, 1.54) is 42.7 Å². The first-order chi connectivity index (χ1) is 9.95. The molecule has 21 heavy (non-hydrogen) atoms. The zero-order valence-corrected chi connectivity index (χ0v) is 10.7. The van der Waals surface area contributed by atoms with Crippen molar-refractivity contribution < 1.29 is 13.2 Å². The zero-order chi connectivity index (χ0) is 15.5. The van der Waals surface area contributed by atoms with E-state index in [2.05, 4.69) is 4.98 Å². The number of alkyl halides is 3. The van der Waals surface area contributed by atoms with Crippen LogP contribution in [-0.2, 0) is 6.18 Å². The second-order valence-corrected chi connectivity index (χ2v) is 4.18. The maximum atomic E-state index is 13.0. The Morgan fingerprint density at radius 2 is 1.71 bits per heavy atom. The molecule has 0 aliphatic rings. The van der Waals surface area contributed by atoms with Crippen molar-refractivity contribution in [1.29, 1.82) is 5.26 Å². The summed E-state index contributed by atoms with van der Waals surface area (Å²) in [6.07, 6.45) is -1.66. The molecule has 2 rings (SSSR count). The van der Waals surface area contributed by atoms with Gasteiger partial charge in [0.05, 0.1) is 16.8 Å². The Morgan fingerprint density at radius 3 is 2.29 bits per heavy atom. The number of nitrogens with zero attached hydrogens (tertiary/aromatic N) is 2. The van der Waals surface area contributed by atoms with Gasteiger partial charge in [0.1, 0.15) is 6.07 Å². The van der Waals surface area contributed by atoms with Crippen LogP contribution in [0.15, 0.2) is 48.8 Å². The second kappa shape index (κ2) is 5.67. The van der Waals surface area contributed by atoms with Gasteiger partial charge in [-0.2, -0.15) is 18.4 Å². The van der Waals surface area contributed by atoms with E-state index in [1.54, 1.807) is 0 Å². The van der Waals surface area contributed by atoms with Crippen molar-refractivity contribution in [2.75, 3.05) is 0 Å². The molecule has 106 valence electrons. The van der Waals surface area contributed by atoms with Gasteiger partial charge in [0.15, 0.2) is 0 Å². The minimum atomic E-state index is -4.54. The lowest BCUT2D eigenvalue weighted by Gasteiger charge is -2.14. The quantitative estimate of drug-likeness (QED) is 0.861. The van der Waals surface area contributed by atoms with Gasteiger partial charge in [-0.1, -0.05) is 18.2 Å². The van der Waals surface area contributed by atoms with Crippen LogP contribution in [0.5, 0.6) is 0 Å². The van der Waals surface area contributed by atoms with Crippen LogP contribution < -0.4 is 5.73 Å². The van der Waals surface area contributed by atoms with E-state index in [9.17, 15) is 18.4 Å². The molecule has 0 aliphatic carbocycles. The summed E-state index contributed by atoms with van der Waals surface area (Å²) in [5.41, 5.74) is 4.92. The molecule has 1 aromatic heterocycles. The Morgan fingerprint density at radius 1 is 1.10 bits per heavy atom. The van der Waals surface area contributed by atoms with Crippen LogP contribution in [0.4, 0.5) is 13.2 Å². The topological polar surface area (TPSA) is 62.7 Å². The monoisotopic (exact) mass is 289 g/mol. The molecule has 2 aromatic rings. The Bertz CT molecular complexity index is 713. The number of pyridine rings is 1. The zero-order valence-electron chi connectivity index (χ0n) is 10.7. The van der Waals surface area contributed by atoms with Crippen LogP contribution in [0.3, 0.4) is 0 Å². The largest absolute Gasteiger partial charge is 0.417 e. The Hall–Kier alpha value is -2.81. The smallest absolute Gasteiger partial charge is 0.397 e. The van der Waals surface area contributed by atoms with Gasteiger partial charge in [-0.25, -0.2) is 0 Å². The van der Waals surface area contributed by atoms with E-state index in [0.29, 0.717) is 5.56 Å². The fraction of sp³-hybridized carbons (Fsp3) is 0.0667. The second-order valence-electron chi connectivity index (χ2n) is 4.18. The predicted molar refractivity (Wildman–Crippen MR) is 72.3 cm³/mol. The average molecular weight is 289 g/mol. The van der Waals surface area contributed by atoms with E-state index < -0.39 is 11.7 Å². The van der Waals surface area contributed by atoms with Gasteiger partial charge >= 0.3 is 6.18 Å². The van der Waals surface area contributed by atoms with Crippen LogP contribution in [-0.4, -0.2) is 4.98 Å². The lowest BCUT2D eigenvalue weighted by atomic mass is 9.98. The summed E-state index contributed by atoms with van der Waals surface area (Å²) in [6, 6.07) is 9.79. The number of hydrogen-bond acceptors (Lipinski definition) is 3. The summed E-state index contributed by atoms with van der Waals surface area (Å²) in [6.45, 7) is 0. The summed E-state index contributed by atoms with van der Waals surface area (Å²) in [4.78, 5) is 3.80. The molecule has 1 heterocycles. The summed E-state index contributed by atoms with van der Waals surface area (Å²) in [5.74, 6) is 0. The van der Waals surface area contributed by atoms with Crippen molar-refractivity contribution in [3.05, 3.63) is 65.5 Å². The third kappa shape index (κ3) is 3.03. The normalized spacial score (nSPS) is 12.5. The maximum Gasteiger partial charge on any atom is 0.417 e. The molecule has 2 N–H and O–H groups in total. The third-order valence-electron chi connectivity index (χ3n) is 2.87. The number of hydrogen-bond donors (Lipinski definition) is 1. The average Bonchev–Trinajstić information content (AvgIpc) is 2.48. The highest BCUT2D eigenvalue weighted by Crippen LogP contribution is 2.35. The van der Waals surface area contributed by atoms with Gasteiger partial charge in [-0.05, 0) is 23.8 Å². The standard InChI is InChI=1S/C15H10F3N3/c16-15(17,18)13-4-2-1-3-11(13)14(20)12(9-19)10-5-7-21-8-6-10/h1-8H,20H2/b14-12-. The molecule has 6 heteroatoms. The van der Waals surface area contributed by atoms with Crippen LogP contribution >= 0.6 is 0 Å². The van der Waals surface area contributed by atoms with Crippen LogP contribution in [0.25, 0.3) is 11.3 Å². The van der Waals surface area contributed by atoms with E-state index in [0.717, 1.165) is 6.07 Å². The Balaban J connectivity index is 2.66. The summed E-state index contributed by atoms with van der Waals surface area (Å²) < 4.78 is 39.0. The first-order valence-electron chi connectivity index (χ1n) is 5.92. The van der Waals surface area contributed by atoms with Crippen molar-refractivity contribution in [3.8, 4) is 6.07 Å². The van der Waals surface area contributed by atoms with Gasteiger partial charge < -0.3 is 5.73 Å². The summed E-state index contributed by atoms with van der Waals surface area (Å²) in [5, 5.41) is 9.22. The van der Waals surface area contributed by atoms with Crippen molar-refractivity contribution in [3.63, 3.8) is 0 Å². The van der Waals surface area contributed by atoms with E-state index >= 15 is 0 Å². The SMILES string of the molecule is N#C/C(=C(/N)c1ccccc1C(F)(F)F)c1ccncc1. The maximum absolute atomic E-state index is 13.0. The molecule has 0 bridgehead atoms. The van der Waals surface area contributed by atoms with Crippen molar-refractivity contribution >= 4 is 11.3 Å². The third-order valence-corrected chi connectivity index (χ3v) is 2.87. The molecule has 0 saturated heterocycles. The van der Waals surface area contributed by atoms with Crippen molar-refractivity contribution in [1.82, 2.24) is 4.98 Å². The number of nitriles is 1. The summed E-state index contributed by atoms with van der Waals surface area (Å²) >= 11 is 0. The van der Waals surface area contributed by atoms with Gasteiger partial charge in [0.25, 0.3) is 0 Å². The van der Waals surface area contributed by atoms with E-state index in [4.69, 9.17) is 5.73 Å². The van der Waals surface area contributed by atoms with Gasteiger partial charge in [0.2, 0.25) is 0 Å². The van der Waals surface area contributed by atoms with E-state index in [-0.39, 0.29) is 16.8 Å². The predicted octanol–water partition coefficient (Wildman–Crippen LogP) is 3.45. The Kier molecular flexibility index (Phi) is 3.94. The molecular formula is C15H10F3N3. The van der Waals surface area contributed by atoms with Crippen LogP contribution in [0.2, 0.25) is 0 Å². The van der Waals surface area contributed by atoms with Crippen LogP contribution in [0, 0.1) is 11.3 Å². The number of halogens is 3. The summed E-state index contributed by atoms with van der Waals surface area (Å²) in [7, 11) is 0. The number of allylic oxidation sites excluding steroid dienone is 1. The molecule has 0 spiro atoms. The first kappa shape index (κ1) is 14.6. The molecule has 0 atom stereocenters. The number of benzene rings is 1. The molecule has 0 amide bonds. The molecular weight excluding hydrogens is 279 g/mol. The van der Waals surface area contributed by atoms with Crippen molar-refractivity contribution in [2.24, 2.45) is 5.73 Å². The fourth-order valence-corrected chi connectivity index (χ4v) is 1.90. The molecule has 0 saturated carbocycles. The molecule has 0 radical (unpaired) electrons. The van der Waals surface area contributed by atoms with Crippen LogP contribution in [0.1, 0.15) is 16.7 Å². The molecule has 0 fully saturated rings. The van der Waals surface area contributed by atoms with Gasteiger partial charge in [-0.15, -0.1) is 0 Å². The highest BCUT2D eigenvalue weighted by atomic mass is 19.4. The molecule has 3 nitrogen and oxygen atoms in total. The lowest BCUT2D eigenvalue weighted by Crippen LogP contribution is -2.12. The van der Waals surface area contributed by atoms with Crippen molar-refractivity contribution in [2.45, 2.75) is 6.18 Å². The molecule has 0 unspecified atom stereocenters. The highest BCUT2D eigenvalue weighted by Gasteiger charge is 2.34.